The summed E-state index contributed by atoms with van der Waals surface area (Å²) in [5.74, 6) is -0.124. The van der Waals surface area contributed by atoms with Crippen molar-refractivity contribution >= 4 is 28.9 Å². The number of nitrogens with one attached hydrogen (secondary N) is 2. The summed E-state index contributed by atoms with van der Waals surface area (Å²) in [6.45, 7) is 0.189. The number of carbonyl (C=O) groups excluding carboxylic acids is 1. The number of aryl methyl sites for hydroxylation is 1. The van der Waals surface area contributed by atoms with E-state index in [1.165, 1.54) is 0 Å². The van der Waals surface area contributed by atoms with E-state index in [2.05, 4.69) is 15.7 Å². The molecule has 1 amide bonds. The number of hydrogen-bond acceptors (Lipinski definition) is 3. The molecule has 0 saturated heterocycles. The summed E-state index contributed by atoms with van der Waals surface area (Å²) in [6, 6.07) is 6.96. The molecule has 0 aliphatic rings. The molecular formula is C12H13ClN4O. The Balaban J connectivity index is 1.83. The molecule has 5 nitrogen and oxygen atoms in total. The van der Waals surface area contributed by atoms with Crippen molar-refractivity contribution in [3.8, 4) is 0 Å². The van der Waals surface area contributed by atoms with Gasteiger partial charge in [-0.05, 0) is 24.3 Å². The molecule has 94 valence electrons. The first-order valence-corrected chi connectivity index (χ1v) is 5.79. The van der Waals surface area contributed by atoms with Crippen molar-refractivity contribution in [3.05, 3.63) is 41.7 Å². The van der Waals surface area contributed by atoms with Gasteiger partial charge < -0.3 is 10.6 Å². The number of aromatic nitrogens is 2. The Bertz CT molecular complexity index is 535. The second-order valence-corrected chi connectivity index (χ2v) is 4.25. The third-order valence-corrected chi connectivity index (χ3v) is 2.54. The first-order chi connectivity index (χ1) is 8.63. The Morgan fingerprint density at radius 2 is 2.06 bits per heavy atom. The molecule has 0 radical (unpaired) electrons. The molecule has 2 rings (SSSR count). The van der Waals surface area contributed by atoms with Gasteiger partial charge in [0.05, 0.1) is 18.4 Å². The van der Waals surface area contributed by atoms with Gasteiger partial charge in [0.2, 0.25) is 5.91 Å². The zero-order valence-electron chi connectivity index (χ0n) is 9.85. The summed E-state index contributed by atoms with van der Waals surface area (Å²) in [4.78, 5) is 11.6. The number of halogens is 1. The standard InChI is InChI=1S/C12H13ClN4O/c1-17-8-11(6-15-17)14-7-12(18)16-10-4-2-9(13)3-5-10/h2-6,8,14H,7H2,1H3,(H,16,18). The van der Waals surface area contributed by atoms with Crippen molar-refractivity contribution in [2.24, 2.45) is 7.05 Å². The molecule has 0 spiro atoms. The van der Waals surface area contributed by atoms with Crippen LogP contribution < -0.4 is 10.6 Å². The number of hydrogen-bond donors (Lipinski definition) is 2. The molecule has 0 aliphatic carbocycles. The number of benzene rings is 1. The predicted octanol–water partition coefficient (Wildman–Crippen LogP) is 2.12. The maximum absolute atomic E-state index is 11.6. The molecule has 2 N–H and O–H groups in total. The third-order valence-electron chi connectivity index (χ3n) is 2.29. The lowest BCUT2D eigenvalue weighted by molar-refractivity contribution is -0.114. The largest absolute Gasteiger partial charge is 0.374 e. The first kappa shape index (κ1) is 12.4. The fourth-order valence-electron chi connectivity index (χ4n) is 1.43. The molecular weight excluding hydrogens is 252 g/mol. The fourth-order valence-corrected chi connectivity index (χ4v) is 1.56. The van der Waals surface area contributed by atoms with E-state index in [0.717, 1.165) is 11.4 Å². The lowest BCUT2D eigenvalue weighted by atomic mass is 10.3. The molecule has 0 aliphatic heterocycles. The molecule has 1 aromatic heterocycles. The lowest BCUT2D eigenvalue weighted by Gasteiger charge is -2.06. The van der Waals surface area contributed by atoms with E-state index in [4.69, 9.17) is 11.6 Å². The Labute approximate surface area is 110 Å². The summed E-state index contributed by atoms with van der Waals surface area (Å²) < 4.78 is 1.67. The predicted molar refractivity (Wildman–Crippen MR) is 71.8 cm³/mol. The zero-order valence-corrected chi connectivity index (χ0v) is 10.6. The maximum Gasteiger partial charge on any atom is 0.243 e. The van der Waals surface area contributed by atoms with Gasteiger partial charge in [0.15, 0.2) is 0 Å². The highest BCUT2D eigenvalue weighted by Crippen LogP contribution is 2.13. The van der Waals surface area contributed by atoms with Crippen LogP contribution in [-0.4, -0.2) is 22.2 Å². The van der Waals surface area contributed by atoms with Crippen LogP contribution in [0.15, 0.2) is 36.7 Å². The Hall–Kier alpha value is -2.01. The van der Waals surface area contributed by atoms with Gasteiger partial charge in [-0.2, -0.15) is 5.10 Å². The monoisotopic (exact) mass is 264 g/mol. The molecule has 6 heteroatoms. The number of nitrogens with zero attached hydrogens (tertiary/aromatic N) is 2. The highest BCUT2D eigenvalue weighted by Gasteiger charge is 2.03. The van der Waals surface area contributed by atoms with Crippen LogP contribution in [-0.2, 0) is 11.8 Å². The van der Waals surface area contributed by atoms with Crippen LogP contribution in [0.4, 0.5) is 11.4 Å². The van der Waals surface area contributed by atoms with E-state index in [-0.39, 0.29) is 12.5 Å². The summed E-state index contributed by atoms with van der Waals surface area (Å²) in [5.41, 5.74) is 1.53. The van der Waals surface area contributed by atoms with Crippen molar-refractivity contribution in [1.29, 1.82) is 0 Å². The Morgan fingerprint density at radius 3 is 2.67 bits per heavy atom. The summed E-state index contributed by atoms with van der Waals surface area (Å²) >= 11 is 5.76. The van der Waals surface area contributed by atoms with Gasteiger partial charge in [-0.1, -0.05) is 11.6 Å². The van der Waals surface area contributed by atoms with Gasteiger partial charge in [0.25, 0.3) is 0 Å². The van der Waals surface area contributed by atoms with E-state index in [9.17, 15) is 4.79 Å². The summed E-state index contributed by atoms with van der Waals surface area (Å²) in [6.07, 6.45) is 3.46. The molecule has 1 heterocycles. The second kappa shape index (κ2) is 5.55. The lowest BCUT2D eigenvalue weighted by Crippen LogP contribution is -2.21. The normalized spacial score (nSPS) is 10.1. The summed E-state index contributed by atoms with van der Waals surface area (Å²) in [5, 5.41) is 10.4. The van der Waals surface area contributed by atoms with Crippen LogP contribution >= 0.6 is 11.6 Å². The van der Waals surface area contributed by atoms with Gasteiger partial charge in [0, 0.05) is 24.0 Å². The number of carbonyl (C=O) groups is 1. The molecule has 0 atom stereocenters. The molecule has 1 aromatic carbocycles. The average molecular weight is 265 g/mol. The van der Waals surface area contributed by atoms with Crippen molar-refractivity contribution in [3.63, 3.8) is 0 Å². The van der Waals surface area contributed by atoms with Gasteiger partial charge >= 0.3 is 0 Å². The van der Waals surface area contributed by atoms with Crippen LogP contribution in [0, 0.1) is 0 Å². The van der Waals surface area contributed by atoms with E-state index >= 15 is 0 Å². The minimum atomic E-state index is -0.124. The minimum absolute atomic E-state index is 0.124. The van der Waals surface area contributed by atoms with Gasteiger partial charge in [-0.3, -0.25) is 9.48 Å². The molecule has 2 aromatic rings. The summed E-state index contributed by atoms with van der Waals surface area (Å²) in [7, 11) is 1.82. The van der Waals surface area contributed by atoms with Crippen LogP contribution in [0.5, 0.6) is 0 Å². The molecule has 0 saturated carbocycles. The van der Waals surface area contributed by atoms with E-state index < -0.39 is 0 Å². The SMILES string of the molecule is Cn1cc(NCC(=O)Nc2ccc(Cl)cc2)cn1. The Kier molecular flexibility index (Phi) is 3.84. The van der Waals surface area contributed by atoms with Crippen LogP contribution in [0.2, 0.25) is 5.02 Å². The van der Waals surface area contributed by atoms with E-state index in [1.807, 2.05) is 7.05 Å². The van der Waals surface area contributed by atoms with Crippen molar-refractivity contribution in [1.82, 2.24) is 9.78 Å². The molecule has 0 fully saturated rings. The zero-order chi connectivity index (χ0) is 13.0. The number of anilines is 2. The number of amides is 1. The number of rotatable bonds is 4. The second-order valence-electron chi connectivity index (χ2n) is 3.81. The van der Waals surface area contributed by atoms with Crippen LogP contribution in [0.25, 0.3) is 0 Å². The third kappa shape index (κ3) is 3.49. The topological polar surface area (TPSA) is 59.0 Å². The molecule has 18 heavy (non-hydrogen) atoms. The molecule has 0 unspecified atom stereocenters. The van der Waals surface area contributed by atoms with Gasteiger partial charge in [0.1, 0.15) is 0 Å². The van der Waals surface area contributed by atoms with E-state index in [1.54, 1.807) is 41.3 Å². The van der Waals surface area contributed by atoms with E-state index in [0.29, 0.717) is 5.02 Å². The highest BCUT2D eigenvalue weighted by molar-refractivity contribution is 6.30. The highest BCUT2D eigenvalue weighted by atomic mass is 35.5. The van der Waals surface area contributed by atoms with Crippen molar-refractivity contribution < 1.29 is 4.79 Å². The smallest absolute Gasteiger partial charge is 0.243 e. The Morgan fingerprint density at radius 1 is 1.33 bits per heavy atom. The first-order valence-electron chi connectivity index (χ1n) is 5.41. The average Bonchev–Trinajstić information content (AvgIpc) is 2.76. The quantitative estimate of drug-likeness (QED) is 0.889. The van der Waals surface area contributed by atoms with Crippen LogP contribution in [0.3, 0.4) is 0 Å². The minimum Gasteiger partial charge on any atom is -0.374 e. The maximum atomic E-state index is 11.6. The fraction of sp³-hybridized carbons (Fsp3) is 0.167. The van der Waals surface area contributed by atoms with Gasteiger partial charge in [-0.15, -0.1) is 0 Å². The van der Waals surface area contributed by atoms with Crippen molar-refractivity contribution in [2.75, 3.05) is 17.2 Å². The van der Waals surface area contributed by atoms with Crippen LogP contribution in [0.1, 0.15) is 0 Å². The van der Waals surface area contributed by atoms with Gasteiger partial charge in [-0.25, -0.2) is 0 Å². The van der Waals surface area contributed by atoms with Crippen molar-refractivity contribution in [2.45, 2.75) is 0 Å². The molecule has 0 bridgehead atoms.